The van der Waals surface area contributed by atoms with E-state index < -0.39 is 32.2 Å². The Morgan fingerprint density at radius 2 is 1.94 bits per heavy atom. The molecule has 0 saturated heterocycles. The molecule has 1 aliphatic carbocycles. The molecule has 1 aromatic heterocycles. The largest absolute Gasteiger partial charge is 0.417 e. The highest BCUT2D eigenvalue weighted by Gasteiger charge is 2.40. The highest BCUT2D eigenvalue weighted by molar-refractivity contribution is 7.89. The zero-order chi connectivity index (χ0) is 23.3. The molecule has 0 saturated carbocycles. The Labute approximate surface area is 179 Å². The van der Waals surface area contributed by atoms with Gasteiger partial charge in [0.25, 0.3) is 0 Å². The van der Waals surface area contributed by atoms with Gasteiger partial charge in [-0.25, -0.2) is 18.5 Å². The van der Waals surface area contributed by atoms with Gasteiger partial charge in [-0.1, -0.05) is 24.3 Å². The number of tetrazole rings is 1. The summed E-state index contributed by atoms with van der Waals surface area (Å²) in [5.41, 5.74) is 11.5. The first-order valence-electron chi connectivity index (χ1n) is 9.19. The molecular weight excluding hydrogens is 449 g/mol. The molecule has 168 valence electrons. The minimum atomic E-state index is -4.98. The standard InChI is InChI=1S/C18H17F3N8O2S/c19-18(20,21)12-5-4-11(14(15(12)32(24,30)31)16-26-28-29-27-16)9-1-3-10-8(7-9)2-6-13(10)25-17(22)23/h1,3-5,7,13H,2,6H2,(H4,22,23,25)(H2,24,30,31)(H,26,27,28,29). The van der Waals surface area contributed by atoms with Crippen LogP contribution in [-0.4, -0.2) is 35.0 Å². The molecule has 1 atom stereocenters. The fourth-order valence-corrected chi connectivity index (χ4v) is 4.88. The van der Waals surface area contributed by atoms with Crippen LogP contribution in [0.1, 0.15) is 29.2 Å². The van der Waals surface area contributed by atoms with Crippen molar-refractivity contribution in [2.24, 2.45) is 21.6 Å². The van der Waals surface area contributed by atoms with E-state index in [1.165, 1.54) is 0 Å². The Morgan fingerprint density at radius 1 is 1.19 bits per heavy atom. The average molecular weight is 466 g/mol. The second-order valence-corrected chi connectivity index (χ2v) is 8.66. The van der Waals surface area contributed by atoms with Crippen molar-refractivity contribution in [2.45, 2.75) is 30.0 Å². The number of alkyl halides is 3. The topological polar surface area (TPSA) is 179 Å². The fourth-order valence-electron chi connectivity index (χ4n) is 3.91. The first-order valence-corrected chi connectivity index (χ1v) is 10.7. The zero-order valence-corrected chi connectivity index (χ0v) is 17.1. The molecule has 1 heterocycles. The number of aromatic amines is 1. The van der Waals surface area contributed by atoms with Gasteiger partial charge in [-0.2, -0.15) is 18.4 Å². The zero-order valence-electron chi connectivity index (χ0n) is 16.3. The summed E-state index contributed by atoms with van der Waals surface area (Å²) in [5, 5.41) is 18.1. The van der Waals surface area contributed by atoms with E-state index in [0.717, 1.165) is 17.2 Å². The van der Waals surface area contributed by atoms with Crippen LogP contribution in [0.3, 0.4) is 0 Å². The summed E-state index contributed by atoms with van der Waals surface area (Å²) in [5.74, 6) is -0.388. The van der Waals surface area contributed by atoms with Gasteiger partial charge in [-0.15, -0.1) is 10.2 Å². The molecule has 0 aliphatic heterocycles. The first kappa shape index (κ1) is 21.7. The second kappa shape index (κ2) is 7.56. The van der Waals surface area contributed by atoms with Crippen LogP contribution >= 0.6 is 0 Å². The highest BCUT2D eigenvalue weighted by atomic mass is 32.2. The number of benzene rings is 2. The van der Waals surface area contributed by atoms with Gasteiger partial charge in [0.1, 0.15) is 4.90 Å². The van der Waals surface area contributed by atoms with Crippen LogP contribution in [0.4, 0.5) is 13.2 Å². The monoisotopic (exact) mass is 466 g/mol. The summed E-state index contributed by atoms with van der Waals surface area (Å²) in [6, 6.07) is 6.74. The van der Waals surface area contributed by atoms with Crippen molar-refractivity contribution in [1.29, 1.82) is 0 Å². The van der Waals surface area contributed by atoms with Crippen LogP contribution in [-0.2, 0) is 22.6 Å². The van der Waals surface area contributed by atoms with Gasteiger partial charge in [0.05, 0.1) is 17.2 Å². The number of guanidine groups is 1. The lowest BCUT2D eigenvalue weighted by molar-refractivity contribution is -0.139. The van der Waals surface area contributed by atoms with Crippen LogP contribution in [0.5, 0.6) is 0 Å². The molecule has 0 bridgehead atoms. The first-order chi connectivity index (χ1) is 15.0. The maximum Gasteiger partial charge on any atom is 0.417 e. The molecule has 0 amide bonds. The molecular formula is C18H17F3N8O2S. The third-order valence-electron chi connectivity index (χ3n) is 5.12. The molecule has 2 aromatic carbocycles. The molecule has 14 heteroatoms. The summed E-state index contributed by atoms with van der Waals surface area (Å²) in [7, 11) is -4.82. The molecule has 32 heavy (non-hydrogen) atoms. The Balaban J connectivity index is 1.98. The Bertz CT molecular complexity index is 1320. The number of rotatable bonds is 4. The molecule has 0 fully saturated rings. The number of hydrogen-bond acceptors (Lipinski definition) is 6. The van der Waals surface area contributed by atoms with Crippen molar-refractivity contribution in [1.82, 2.24) is 20.6 Å². The molecule has 0 spiro atoms. The number of nitrogens with two attached hydrogens (primary N) is 3. The number of nitrogens with zero attached hydrogens (tertiary/aromatic N) is 4. The highest BCUT2D eigenvalue weighted by Crippen LogP contribution is 2.44. The van der Waals surface area contributed by atoms with Gasteiger partial charge < -0.3 is 11.5 Å². The number of nitrogens with one attached hydrogen (secondary N) is 1. The Kier molecular flexibility index (Phi) is 5.13. The summed E-state index contributed by atoms with van der Waals surface area (Å²) in [6.07, 6.45) is -3.70. The number of hydrogen-bond donors (Lipinski definition) is 4. The van der Waals surface area contributed by atoms with E-state index >= 15 is 0 Å². The second-order valence-electron chi connectivity index (χ2n) is 7.17. The lowest BCUT2D eigenvalue weighted by Gasteiger charge is -2.18. The number of sulfonamides is 1. The molecule has 3 aromatic rings. The van der Waals surface area contributed by atoms with Crippen molar-refractivity contribution in [3.8, 4) is 22.5 Å². The predicted octanol–water partition coefficient (Wildman–Crippen LogP) is 1.46. The van der Waals surface area contributed by atoms with Gasteiger partial charge in [-0.3, -0.25) is 0 Å². The van der Waals surface area contributed by atoms with E-state index in [1.54, 1.807) is 18.2 Å². The minimum absolute atomic E-state index is 0.0492. The SMILES string of the molecule is NC(N)=NC1CCc2cc(-c3ccc(C(F)(F)F)c(S(N)(=O)=O)c3-c3nn[nH]n3)ccc21. The van der Waals surface area contributed by atoms with Crippen molar-refractivity contribution in [3.63, 3.8) is 0 Å². The lowest BCUT2D eigenvalue weighted by Crippen LogP contribution is -2.23. The third-order valence-corrected chi connectivity index (χ3v) is 6.11. The average Bonchev–Trinajstić information content (AvgIpc) is 3.35. The van der Waals surface area contributed by atoms with Crippen LogP contribution < -0.4 is 16.6 Å². The van der Waals surface area contributed by atoms with Gasteiger partial charge >= 0.3 is 6.18 Å². The van der Waals surface area contributed by atoms with Gasteiger partial charge in [0.15, 0.2) is 5.96 Å². The van der Waals surface area contributed by atoms with Crippen molar-refractivity contribution in [2.75, 3.05) is 0 Å². The number of primary sulfonamides is 1. The summed E-state index contributed by atoms with van der Waals surface area (Å²) in [4.78, 5) is 3.06. The number of aromatic nitrogens is 4. The van der Waals surface area contributed by atoms with E-state index in [1.807, 2.05) is 0 Å². The molecule has 1 aliphatic rings. The fraction of sp³-hybridized carbons (Fsp3) is 0.222. The van der Waals surface area contributed by atoms with Crippen LogP contribution in [0.2, 0.25) is 0 Å². The molecule has 7 N–H and O–H groups in total. The molecule has 10 nitrogen and oxygen atoms in total. The third kappa shape index (κ3) is 3.89. The number of fused-ring (bicyclic) bond motifs is 1. The predicted molar refractivity (Wildman–Crippen MR) is 108 cm³/mol. The Morgan fingerprint density at radius 3 is 2.53 bits per heavy atom. The summed E-state index contributed by atoms with van der Waals surface area (Å²) in [6.45, 7) is 0. The van der Waals surface area contributed by atoms with E-state index in [-0.39, 0.29) is 23.4 Å². The number of H-pyrrole nitrogens is 1. The van der Waals surface area contributed by atoms with E-state index in [0.29, 0.717) is 24.5 Å². The number of aryl methyl sites for hydroxylation is 1. The minimum Gasteiger partial charge on any atom is -0.370 e. The summed E-state index contributed by atoms with van der Waals surface area (Å²) < 4.78 is 65.5. The van der Waals surface area contributed by atoms with Gasteiger partial charge in [0, 0.05) is 0 Å². The quantitative estimate of drug-likeness (QED) is 0.332. The maximum atomic E-state index is 13.6. The van der Waals surface area contributed by atoms with Crippen LogP contribution in [0, 0.1) is 0 Å². The summed E-state index contributed by atoms with van der Waals surface area (Å²) >= 11 is 0. The Hall–Kier alpha value is -3.52. The number of aliphatic imine (C=N–C) groups is 1. The smallest absolute Gasteiger partial charge is 0.370 e. The van der Waals surface area contributed by atoms with Crippen molar-refractivity contribution < 1.29 is 21.6 Å². The molecule has 0 radical (unpaired) electrons. The maximum absolute atomic E-state index is 13.6. The van der Waals surface area contributed by atoms with E-state index in [4.69, 9.17) is 16.6 Å². The van der Waals surface area contributed by atoms with Crippen LogP contribution in [0.25, 0.3) is 22.5 Å². The van der Waals surface area contributed by atoms with Gasteiger partial charge in [0.2, 0.25) is 15.8 Å². The van der Waals surface area contributed by atoms with E-state index in [9.17, 15) is 21.6 Å². The van der Waals surface area contributed by atoms with Crippen LogP contribution in [0.15, 0.2) is 40.2 Å². The molecule has 4 rings (SSSR count). The van der Waals surface area contributed by atoms with Gasteiger partial charge in [-0.05, 0) is 46.4 Å². The number of halogens is 3. The lowest BCUT2D eigenvalue weighted by atomic mass is 9.94. The van der Waals surface area contributed by atoms with Crippen molar-refractivity contribution in [3.05, 3.63) is 47.0 Å². The van der Waals surface area contributed by atoms with Crippen molar-refractivity contribution >= 4 is 16.0 Å². The molecule has 1 unspecified atom stereocenters. The normalized spacial score (nSPS) is 16.1. The van der Waals surface area contributed by atoms with E-state index in [2.05, 4.69) is 25.6 Å².